The van der Waals surface area contributed by atoms with E-state index >= 15 is 0 Å². The number of anilines is 1. The number of amides is 2. The molecular formula is C31H36FN3O5S. The van der Waals surface area contributed by atoms with Crippen LogP contribution in [0.3, 0.4) is 0 Å². The Kier molecular flexibility index (Phi) is 9.99. The number of halogens is 1. The number of ether oxygens (including phenoxy) is 1. The Balaban J connectivity index is 1.65. The Labute approximate surface area is 241 Å². The molecule has 0 aromatic heterocycles. The molecule has 1 N–H and O–H groups in total. The summed E-state index contributed by atoms with van der Waals surface area (Å²) in [5, 5.41) is 3.08. The zero-order valence-corrected chi connectivity index (χ0v) is 24.1. The number of carbonyl (C=O) groups is 2. The molecule has 10 heteroatoms. The molecule has 0 saturated heterocycles. The highest BCUT2D eigenvalue weighted by Gasteiger charge is 2.33. The van der Waals surface area contributed by atoms with Gasteiger partial charge in [0.1, 0.15) is 24.2 Å². The minimum Gasteiger partial charge on any atom is -0.497 e. The normalized spacial score (nSPS) is 14.6. The second kappa shape index (κ2) is 13.6. The third-order valence-corrected chi connectivity index (χ3v) is 9.14. The summed E-state index contributed by atoms with van der Waals surface area (Å²) in [5.41, 5.74) is 1.03. The first-order valence-corrected chi connectivity index (χ1v) is 15.2. The Morgan fingerprint density at radius 2 is 1.59 bits per heavy atom. The predicted octanol–water partition coefficient (Wildman–Crippen LogP) is 4.90. The molecule has 3 aromatic rings. The number of nitrogens with zero attached hydrogens (tertiary/aromatic N) is 2. The van der Waals surface area contributed by atoms with Crippen LogP contribution in [0.15, 0.2) is 83.8 Å². The van der Waals surface area contributed by atoms with Gasteiger partial charge >= 0.3 is 0 Å². The summed E-state index contributed by atoms with van der Waals surface area (Å²) in [6.45, 7) is 1.18. The van der Waals surface area contributed by atoms with Gasteiger partial charge in [-0.2, -0.15) is 0 Å². The van der Waals surface area contributed by atoms with Crippen LogP contribution in [0.4, 0.5) is 10.1 Å². The van der Waals surface area contributed by atoms with Gasteiger partial charge in [-0.15, -0.1) is 0 Å². The van der Waals surface area contributed by atoms with E-state index in [1.54, 1.807) is 68.6 Å². The molecule has 4 rings (SSSR count). The number of methoxy groups -OCH3 is 1. The molecule has 1 aliphatic rings. The van der Waals surface area contributed by atoms with Crippen LogP contribution in [0.5, 0.6) is 5.75 Å². The topological polar surface area (TPSA) is 96.0 Å². The van der Waals surface area contributed by atoms with Crippen LogP contribution in [0.2, 0.25) is 0 Å². The summed E-state index contributed by atoms with van der Waals surface area (Å²) in [6, 6.07) is 19.0. The summed E-state index contributed by atoms with van der Waals surface area (Å²) in [6.07, 6.45) is 5.01. The van der Waals surface area contributed by atoms with Crippen LogP contribution >= 0.6 is 0 Å². The maximum absolute atomic E-state index is 14.0. The van der Waals surface area contributed by atoms with Crippen LogP contribution in [-0.2, 0) is 26.2 Å². The number of carbonyl (C=O) groups excluding carboxylic acids is 2. The molecule has 1 unspecified atom stereocenters. The van der Waals surface area contributed by atoms with Crippen molar-refractivity contribution in [2.75, 3.05) is 18.0 Å². The summed E-state index contributed by atoms with van der Waals surface area (Å²) in [4.78, 5) is 28.6. The lowest BCUT2D eigenvalue weighted by Gasteiger charge is -2.33. The highest BCUT2D eigenvalue weighted by atomic mass is 32.2. The number of para-hydroxylation sites is 1. The van der Waals surface area contributed by atoms with Gasteiger partial charge in [0.05, 0.1) is 17.7 Å². The van der Waals surface area contributed by atoms with E-state index in [1.165, 1.54) is 17.0 Å². The first-order valence-electron chi connectivity index (χ1n) is 13.7. The molecule has 2 amide bonds. The van der Waals surface area contributed by atoms with Gasteiger partial charge in [0.2, 0.25) is 11.8 Å². The quantitative estimate of drug-likeness (QED) is 0.348. The van der Waals surface area contributed by atoms with Crippen molar-refractivity contribution in [2.24, 2.45) is 0 Å². The fraction of sp³-hybridized carbons (Fsp3) is 0.355. The van der Waals surface area contributed by atoms with Gasteiger partial charge in [-0.1, -0.05) is 49.6 Å². The van der Waals surface area contributed by atoms with Crippen molar-refractivity contribution in [1.82, 2.24) is 10.2 Å². The zero-order valence-electron chi connectivity index (χ0n) is 23.3. The van der Waals surface area contributed by atoms with Crippen molar-refractivity contribution in [3.63, 3.8) is 0 Å². The van der Waals surface area contributed by atoms with Crippen LogP contribution in [0.1, 0.15) is 44.6 Å². The summed E-state index contributed by atoms with van der Waals surface area (Å²) in [5.74, 6) is -0.766. The maximum Gasteiger partial charge on any atom is 0.264 e. The summed E-state index contributed by atoms with van der Waals surface area (Å²) >= 11 is 0. The monoisotopic (exact) mass is 581 g/mol. The molecule has 0 spiro atoms. The Hall–Kier alpha value is -3.92. The summed E-state index contributed by atoms with van der Waals surface area (Å²) in [7, 11) is -2.69. The van der Waals surface area contributed by atoms with E-state index < -0.39 is 34.3 Å². The lowest BCUT2D eigenvalue weighted by molar-refractivity contribution is -0.139. The van der Waals surface area contributed by atoms with Crippen molar-refractivity contribution in [3.8, 4) is 5.75 Å². The Morgan fingerprint density at radius 1 is 0.951 bits per heavy atom. The molecule has 1 aliphatic carbocycles. The fourth-order valence-corrected chi connectivity index (χ4v) is 6.35. The van der Waals surface area contributed by atoms with Gasteiger partial charge in [0.25, 0.3) is 10.0 Å². The standard InChI is InChI=1S/C31H36FN3O5S/c1-23(31(37)33-26-9-5-3-6-10-26)34(21-24-13-17-28(40-2)18-14-24)30(36)22-35(27-11-7-4-8-12-27)41(38,39)29-19-15-25(32)16-20-29/h4,7-8,11-20,23,26H,3,5-6,9-10,21-22H2,1-2H3,(H,33,37). The SMILES string of the molecule is COc1ccc(CN(C(=O)CN(c2ccccc2)S(=O)(=O)c2ccc(F)cc2)C(C)C(=O)NC2CCCCC2)cc1. The van der Waals surface area contributed by atoms with Crippen molar-refractivity contribution >= 4 is 27.5 Å². The van der Waals surface area contributed by atoms with Gasteiger partial charge in [0, 0.05) is 12.6 Å². The smallest absolute Gasteiger partial charge is 0.264 e. The van der Waals surface area contributed by atoms with Gasteiger partial charge in [-0.3, -0.25) is 13.9 Å². The van der Waals surface area contributed by atoms with Gasteiger partial charge in [0.15, 0.2) is 0 Å². The molecule has 1 atom stereocenters. The van der Waals surface area contributed by atoms with Crippen molar-refractivity contribution in [3.05, 3.63) is 90.2 Å². The predicted molar refractivity (Wildman–Crippen MR) is 155 cm³/mol. The maximum atomic E-state index is 14.0. The molecule has 41 heavy (non-hydrogen) atoms. The lowest BCUT2D eigenvalue weighted by Crippen LogP contribution is -2.53. The number of hydrogen-bond acceptors (Lipinski definition) is 5. The molecule has 3 aromatic carbocycles. The van der Waals surface area contributed by atoms with E-state index in [1.807, 2.05) is 0 Å². The minimum absolute atomic E-state index is 0.0521. The first-order chi connectivity index (χ1) is 19.7. The summed E-state index contributed by atoms with van der Waals surface area (Å²) < 4.78 is 47.3. The molecule has 0 radical (unpaired) electrons. The molecule has 1 saturated carbocycles. The number of nitrogens with one attached hydrogen (secondary N) is 1. The first kappa shape index (κ1) is 30.0. The molecular weight excluding hydrogens is 545 g/mol. The zero-order chi connectivity index (χ0) is 29.4. The molecule has 1 fully saturated rings. The number of benzene rings is 3. The van der Waals surface area contributed by atoms with Gasteiger partial charge in [-0.25, -0.2) is 12.8 Å². The molecule has 0 heterocycles. The van der Waals surface area contributed by atoms with E-state index in [4.69, 9.17) is 4.74 Å². The highest BCUT2D eigenvalue weighted by Crippen LogP contribution is 2.25. The van der Waals surface area contributed by atoms with Crippen LogP contribution in [0, 0.1) is 5.82 Å². The van der Waals surface area contributed by atoms with E-state index in [9.17, 15) is 22.4 Å². The molecule has 0 aliphatic heterocycles. The highest BCUT2D eigenvalue weighted by molar-refractivity contribution is 7.92. The second-order valence-corrected chi connectivity index (χ2v) is 12.1. The number of hydrogen-bond donors (Lipinski definition) is 1. The van der Waals surface area contributed by atoms with Crippen LogP contribution < -0.4 is 14.4 Å². The average Bonchev–Trinajstić information content (AvgIpc) is 2.99. The van der Waals surface area contributed by atoms with E-state index in [0.717, 1.165) is 54.1 Å². The Morgan fingerprint density at radius 3 is 2.20 bits per heavy atom. The van der Waals surface area contributed by atoms with E-state index in [-0.39, 0.29) is 29.1 Å². The van der Waals surface area contributed by atoms with Gasteiger partial charge in [-0.05, 0) is 73.9 Å². The molecule has 0 bridgehead atoms. The fourth-order valence-electron chi connectivity index (χ4n) is 4.94. The number of rotatable bonds is 11. The average molecular weight is 582 g/mol. The third kappa shape index (κ3) is 7.64. The van der Waals surface area contributed by atoms with Crippen LogP contribution in [-0.4, -0.2) is 50.9 Å². The van der Waals surface area contributed by atoms with Crippen molar-refractivity contribution in [1.29, 1.82) is 0 Å². The lowest BCUT2D eigenvalue weighted by atomic mass is 9.95. The molecule has 218 valence electrons. The van der Waals surface area contributed by atoms with E-state index in [2.05, 4.69) is 5.32 Å². The van der Waals surface area contributed by atoms with E-state index in [0.29, 0.717) is 5.75 Å². The van der Waals surface area contributed by atoms with Gasteiger partial charge < -0.3 is 15.0 Å². The number of sulfonamides is 1. The third-order valence-electron chi connectivity index (χ3n) is 7.36. The largest absolute Gasteiger partial charge is 0.497 e. The molecule has 8 nitrogen and oxygen atoms in total. The second-order valence-electron chi connectivity index (χ2n) is 10.2. The van der Waals surface area contributed by atoms with Crippen molar-refractivity contribution < 1.29 is 27.1 Å². The van der Waals surface area contributed by atoms with Crippen molar-refractivity contribution in [2.45, 2.75) is 62.6 Å². The minimum atomic E-state index is -4.25. The Bertz CT molecular complexity index is 1410. The van der Waals surface area contributed by atoms with Crippen LogP contribution in [0.25, 0.3) is 0 Å².